The van der Waals surface area contributed by atoms with Gasteiger partial charge in [-0.25, -0.2) is 0 Å². The molecule has 1 unspecified atom stereocenters. The Labute approximate surface area is 113 Å². The molecule has 2 rings (SSSR count). The van der Waals surface area contributed by atoms with Crippen molar-refractivity contribution in [3.8, 4) is 0 Å². The van der Waals surface area contributed by atoms with Gasteiger partial charge in [0.1, 0.15) is 6.04 Å². The molecule has 1 saturated heterocycles. The normalized spacial score (nSPS) is 17.2. The Hall–Kier alpha value is -1.62. The molecule has 104 valence electrons. The van der Waals surface area contributed by atoms with Gasteiger partial charge >= 0.3 is 0 Å². The van der Waals surface area contributed by atoms with E-state index in [1.54, 1.807) is 22.9 Å². The number of aromatic nitrogens is 1. The van der Waals surface area contributed by atoms with E-state index in [4.69, 9.17) is 0 Å². The van der Waals surface area contributed by atoms with Crippen molar-refractivity contribution in [1.82, 2.24) is 14.8 Å². The summed E-state index contributed by atoms with van der Waals surface area (Å²) < 4.78 is 1.56. The highest BCUT2D eigenvalue weighted by molar-refractivity contribution is 5.80. The number of carbonyl (C=O) groups is 1. The van der Waals surface area contributed by atoms with Gasteiger partial charge in [0.2, 0.25) is 5.91 Å². The van der Waals surface area contributed by atoms with E-state index in [1.807, 2.05) is 11.8 Å². The average Bonchev–Trinajstić information content (AvgIpc) is 2.46. The van der Waals surface area contributed by atoms with E-state index >= 15 is 0 Å². The zero-order chi connectivity index (χ0) is 13.7. The second kappa shape index (κ2) is 6.52. The van der Waals surface area contributed by atoms with E-state index in [0.29, 0.717) is 6.42 Å². The van der Waals surface area contributed by atoms with Crippen LogP contribution in [0.2, 0.25) is 0 Å². The molecule has 1 atom stereocenters. The minimum absolute atomic E-state index is 0.0663. The topological polar surface area (TPSA) is 54.3 Å². The number of amides is 1. The van der Waals surface area contributed by atoms with Crippen LogP contribution in [0.15, 0.2) is 29.2 Å². The van der Waals surface area contributed by atoms with Crippen molar-refractivity contribution in [3.05, 3.63) is 34.7 Å². The van der Waals surface area contributed by atoms with E-state index in [-0.39, 0.29) is 17.5 Å². The molecule has 0 radical (unpaired) electrons. The fraction of sp³-hybridized carbons (Fsp3) is 0.571. The van der Waals surface area contributed by atoms with Gasteiger partial charge in [0.25, 0.3) is 5.56 Å². The summed E-state index contributed by atoms with van der Waals surface area (Å²) in [5.74, 6) is 0.0663. The number of piperazine rings is 1. The van der Waals surface area contributed by atoms with Gasteiger partial charge in [-0.3, -0.25) is 9.59 Å². The molecule has 1 aliphatic rings. The summed E-state index contributed by atoms with van der Waals surface area (Å²) in [5.41, 5.74) is -0.107. The first-order chi connectivity index (χ1) is 9.24. The third-order valence-corrected chi connectivity index (χ3v) is 3.46. The highest BCUT2D eigenvalue weighted by Crippen LogP contribution is 2.15. The Kier molecular flexibility index (Phi) is 4.74. The maximum Gasteiger partial charge on any atom is 0.251 e. The van der Waals surface area contributed by atoms with Crippen molar-refractivity contribution >= 4 is 5.91 Å². The lowest BCUT2D eigenvalue weighted by molar-refractivity contribution is -0.135. The van der Waals surface area contributed by atoms with Gasteiger partial charge in [-0.2, -0.15) is 0 Å². The molecule has 0 aromatic carbocycles. The lowest BCUT2D eigenvalue weighted by Gasteiger charge is -2.31. The molecule has 1 aromatic rings. The minimum atomic E-state index is -0.364. The van der Waals surface area contributed by atoms with Gasteiger partial charge in [0.15, 0.2) is 0 Å². The lowest BCUT2D eigenvalue weighted by Crippen LogP contribution is -2.49. The zero-order valence-corrected chi connectivity index (χ0v) is 11.3. The fourth-order valence-corrected chi connectivity index (χ4v) is 2.45. The molecule has 5 nitrogen and oxygen atoms in total. The average molecular weight is 263 g/mol. The molecule has 1 fully saturated rings. The molecular formula is C14H21N3O2. The van der Waals surface area contributed by atoms with Crippen LogP contribution in [0, 0.1) is 0 Å². The third-order valence-electron chi connectivity index (χ3n) is 3.46. The highest BCUT2D eigenvalue weighted by atomic mass is 16.2. The number of nitrogens with one attached hydrogen (secondary N) is 1. The number of nitrogens with zero attached hydrogens (tertiary/aromatic N) is 2. The second-order valence-corrected chi connectivity index (χ2v) is 4.83. The molecule has 1 aliphatic heterocycles. The maximum atomic E-state index is 12.6. The number of hydrogen-bond donors (Lipinski definition) is 1. The summed E-state index contributed by atoms with van der Waals surface area (Å²) in [5, 5.41) is 3.23. The highest BCUT2D eigenvalue weighted by Gasteiger charge is 2.26. The molecule has 0 bridgehead atoms. The monoisotopic (exact) mass is 263 g/mol. The van der Waals surface area contributed by atoms with Crippen LogP contribution in [0.25, 0.3) is 0 Å². The van der Waals surface area contributed by atoms with Crippen LogP contribution in [0.1, 0.15) is 25.8 Å². The van der Waals surface area contributed by atoms with Crippen LogP contribution in [0.4, 0.5) is 0 Å². The molecule has 1 amide bonds. The number of pyridine rings is 1. The quantitative estimate of drug-likeness (QED) is 0.866. The van der Waals surface area contributed by atoms with Crippen molar-refractivity contribution in [2.75, 3.05) is 26.2 Å². The lowest BCUT2D eigenvalue weighted by atomic mass is 10.1. The Balaban J connectivity index is 2.22. The molecule has 2 heterocycles. The number of carbonyl (C=O) groups excluding carboxylic acids is 1. The third kappa shape index (κ3) is 3.23. The largest absolute Gasteiger partial charge is 0.338 e. The van der Waals surface area contributed by atoms with E-state index < -0.39 is 0 Å². The van der Waals surface area contributed by atoms with Gasteiger partial charge in [0.05, 0.1) is 0 Å². The van der Waals surface area contributed by atoms with E-state index in [2.05, 4.69) is 5.32 Å². The molecule has 5 heteroatoms. The molecule has 1 N–H and O–H groups in total. The van der Waals surface area contributed by atoms with Gasteiger partial charge in [-0.15, -0.1) is 0 Å². The predicted octanol–water partition coefficient (Wildman–Crippen LogP) is 0.621. The van der Waals surface area contributed by atoms with Crippen molar-refractivity contribution in [2.45, 2.75) is 25.8 Å². The van der Waals surface area contributed by atoms with E-state index in [0.717, 1.165) is 32.6 Å². The molecule has 0 spiro atoms. The van der Waals surface area contributed by atoms with Crippen LogP contribution in [-0.2, 0) is 4.79 Å². The first kappa shape index (κ1) is 13.8. The molecule has 1 aromatic heterocycles. The first-order valence-electron chi connectivity index (χ1n) is 6.90. The standard InChI is InChI=1S/C14H21N3O2/c1-2-5-12(17-9-4-3-6-13(17)18)14(19)16-10-7-15-8-11-16/h3-4,6,9,12,15H,2,5,7-8,10-11H2,1H3. The Morgan fingerprint density at radius 2 is 2.11 bits per heavy atom. The summed E-state index contributed by atoms with van der Waals surface area (Å²) in [7, 11) is 0. The van der Waals surface area contributed by atoms with E-state index in [1.165, 1.54) is 6.07 Å². The summed E-state index contributed by atoms with van der Waals surface area (Å²) in [6.45, 7) is 5.13. The second-order valence-electron chi connectivity index (χ2n) is 4.83. The Bertz CT molecular complexity index is 478. The van der Waals surface area contributed by atoms with Crippen LogP contribution in [0.5, 0.6) is 0 Å². The van der Waals surface area contributed by atoms with Gasteiger partial charge in [0, 0.05) is 38.4 Å². The molecular weight excluding hydrogens is 242 g/mol. The zero-order valence-electron chi connectivity index (χ0n) is 11.3. The van der Waals surface area contributed by atoms with Crippen molar-refractivity contribution in [1.29, 1.82) is 0 Å². The van der Waals surface area contributed by atoms with Gasteiger partial charge in [-0.1, -0.05) is 19.4 Å². The van der Waals surface area contributed by atoms with Crippen LogP contribution in [-0.4, -0.2) is 41.6 Å². The summed E-state index contributed by atoms with van der Waals surface area (Å²) in [6, 6.07) is 4.65. The number of hydrogen-bond acceptors (Lipinski definition) is 3. The summed E-state index contributed by atoms with van der Waals surface area (Å²) in [4.78, 5) is 26.3. The van der Waals surface area contributed by atoms with Crippen LogP contribution in [0.3, 0.4) is 0 Å². The first-order valence-corrected chi connectivity index (χ1v) is 6.90. The minimum Gasteiger partial charge on any atom is -0.338 e. The molecule has 0 saturated carbocycles. The Morgan fingerprint density at radius 1 is 1.37 bits per heavy atom. The van der Waals surface area contributed by atoms with Crippen molar-refractivity contribution < 1.29 is 4.79 Å². The molecule has 19 heavy (non-hydrogen) atoms. The summed E-state index contributed by atoms with van der Waals surface area (Å²) >= 11 is 0. The number of rotatable bonds is 4. The SMILES string of the molecule is CCCC(C(=O)N1CCNCC1)n1ccccc1=O. The van der Waals surface area contributed by atoms with Crippen molar-refractivity contribution in [3.63, 3.8) is 0 Å². The van der Waals surface area contributed by atoms with E-state index in [9.17, 15) is 9.59 Å². The predicted molar refractivity (Wildman–Crippen MR) is 74.1 cm³/mol. The molecule has 0 aliphatic carbocycles. The Morgan fingerprint density at radius 3 is 2.74 bits per heavy atom. The smallest absolute Gasteiger partial charge is 0.251 e. The van der Waals surface area contributed by atoms with Crippen LogP contribution < -0.4 is 10.9 Å². The van der Waals surface area contributed by atoms with Gasteiger partial charge in [-0.05, 0) is 12.5 Å². The van der Waals surface area contributed by atoms with Crippen molar-refractivity contribution in [2.24, 2.45) is 0 Å². The van der Waals surface area contributed by atoms with Gasteiger partial charge < -0.3 is 14.8 Å². The maximum absolute atomic E-state index is 12.6. The fourth-order valence-electron chi connectivity index (χ4n) is 2.45. The summed E-state index contributed by atoms with van der Waals surface area (Å²) in [6.07, 6.45) is 3.29. The van der Waals surface area contributed by atoms with Crippen LogP contribution >= 0.6 is 0 Å².